The highest BCUT2D eigenvalue weighted by Gasteiger charge is 2.52. The SMILES string of the molecule is O=C(OCc1nnc(-c2ccc(Cl)cc2)o1)C1(c2ccc(Cl)cc2)CC1. The van der Waals surface area contributed by atoms with Crippen LogP contribution in [-0.4, -0.2) is 16.2 Å². The van der Waals surface area contributed by atoms with Crippen molar-refractivity contribution in [3.05, 3.63) is 70.0 Å². The Balaban J connectivity index is 1.42. The molecule has 1 saturated carbocycles. The molecule has 1 aliphatic carbocycles. The molecule has 4 rings (SSSR count). The summed E-state index contributed by atoms with van der Waals surface area (Å²) in [5.74, 6) is 0.313. The number of carbonyl (C=O) groups is 1. The molecule has 2 aromatic carbocycles. The van der Waals surface area contributed by atoms with Gasteiger partial charge in [-0.05, 0) is 54.8 Å². The van der Waals surface area contributed by atoms with E-state index in [1.807, 2.05) is 12.1 Å². The summed E-state index contributed by atoms with van der Waals surface area (Å²) < 4.78 is 11.0. The van der Waals surface area contributed by atoms with Crippen molar-refractivity contribution in [2.45, 2.75) is 24.9 Å². The Bertz CT molecular complexity index is 932. The van der Waals surface area contributed by atoms with Gasteiger partial charge in [0.2, 0.25) is 5.89 Å². The van der Waals surface area contributed by atoms with E-state index in [0.717, 1.165) is 24.0 Å². The van der Waals surface area contributed by atoms with E-state index in [1.165, 1.54) is 0 Å². The Morgan fingerprint density at radius 2 is 1.62 bits per heavy atom. The molecule has 1 heterocycles. The van der Waals surface area contributed by atoms with E-state index in [1.54, 1.807) is 36.4 Å². The van der Waals surface area contributed by atoms with Gasteiger partial charge in [-0.1, -0.05) is 35.3 Å². The molecule has 26 heavy (non-hydrogen) atoms. The molecule has 1 aromatic heterocycles. The molecule has 0 bridgehead atoms. The lowest BCUT2D eigenvalue weighted by Crippen LogP contribution is -2.23. The van der Waals surface area contributed by atoms with Gasteiger partial charge in [0.25, 0.3) is 5.89 Å². The zero-order valence-corrected chi connectivity index (χ0v) is 15.1. The molecule has 5 nitrogen and oxygen atoms in total. The molecule has 0 atom stereocenters. The molecule has 0 amide bonds. The average molecular weight is 389 g/mol. The van der Waals surface area contributed by atoms with E-state index in [0.29, 0.717) is 15.9 Å². The van der Waals surface area contributed by atoms with Crippen molar-refractivity contribution in [3.8, 4) is 11.5 Å². The fourth-order valence-corrected chi connectivity index (χ4v) is 3.04. The predicted molar refractivity (Wildman–Crippen MR) is 96.9 cm³/mol. The summed E-state index contributed by atoms with van der Waals surface area (Å²) in [6, 6.07) is 14.3. The summed E-state index contributed by atoms with van der Waals surface area (Å²) in [4.78, 5) is 12.5. The van der Waals surface area contributed by atoms with Gasteiger partial charge in [0.05, 0.1) is 5.41 Å². The van der Waals surface area contributed by atoms with E-state index >= 15 is 0 Å². The monoisotopic (exact) mass is 388 g/mol. The van der Waals surface area contributed by atoms with E-state index in [-0.39, 0.29) is 18.5 Å². The second-order valence-corrected chi connectivity index (χ2v) is 7.05. The van der Waals surface area contributed by atoms with Gasteiger partial charge in [-0.25, -0.2) is 0 Å². The largest absolute Gasteiger partial charge is 0.455 e. The minimum absolute atomic E-state index is 0.0608. The summed E-state index contributed by atoms with van der Waals surface area (Å²) in [5, 5.41) is 9.17. The highest BCUT2D eigenvalue weighted by molar-refractivity contribution is 6.30. The van der Waals surface area contributed by atoms with Gasteiger partial charge in [-0.15, -0.1) is 10.2 Å². The fraction of sp³-hybridized carbons (Fsp3) is 0.211. The molecule has 0 aliphatic heterocycles. The lowest BCUT2D eigenvalue weighted by Gasteiger charge is -2.14. The Morgan fingerprint density at radius 3 is 2.23 bits per heavy atom. The summed E-state index contributed by atoms with van der Waals surface area (Å²) >= 11 is 11.8. The summed E-state index contributed by atoms with van der Waals surface area (Å²) in [6.07, 6.45) is 1.51. The number of benzene rings is 2. The Hall–Kier alpha value is -2.37. The van der Waals surface area contributed by atoms with Crippen LogP contribution < -0.4 is 0 Å². The molecule has 132 valence electrons. The van der Waals surface area contributed by atoms with Crippen LogP contribution in [0.2, 0.25) is 10.0 Å². The van der Waals surface area contributed by atoms with Crippen molar-refractivity contribution >= 4 is 29.2 Å². The topological polar surface area (TPSA) is 65.2 Å². The van der Waals surface area contributed by atoms with Crippen molar-refractivity contribution in [1.82, 2.24) is 10.2 Å². The van der Waals surface area contributed by atoms with Crippen LogP contribution in [0.4, 0.5) is 0 Å². The van der Waals surface area contributed by atoms with E-state index < -0.39 is 5.41 Å². The summed E-state index contributed by atoms with van der Waals surface area (Å²) in [5.41, 5.74) is 1.09. The maximum atomic E-state index is 12.5. The zero-order chi connectivity index (χ0) is 18.1. The molecule has 0 N–H and O–H groups in total. The fourth-order valence-electron chi connectivity index (χ4n) is 2.79. The first kappa shape index (κ1) is 17.1. The van der Waals surface area contributed by atoms with Gasteiger partial charge in [-0.2, -0.15) is 0 Å². The second kappa shape index (κ2) is 6.74. The number of esters is 1. The summed E-state index contributed by atoms with van der Waals surface area (Å²) in [6.45, 7) is -0.0608. The van der Waals surface area contributed by atoms with E-state index in [2.05, 4.69) is 10.2 Å². The van der Waals surface area contributed by atoms with Crippen molar-refractivity contribution in [2.75, 3.05) is 0 Å². The van der Waals surface area contributed by atoms with Crippen LogP contribution in [0.5, 0.6) is 0 Å². The maximum absolute atomic E-state index is 12.5. The van der Waals surface area contributed by atoms with Crippen LogP contribution in [0.25, 0.3) is 11.5 Å². The molecule has 0 spiro atoms. The lowest BCUT2D eigenvalue weighted by atomic mass is 9.96. The van der Waals surface area contributed by atoms with Crippen LogP contribution >= 0.6 is 23.2 Å². The van der Waals surface area contributed by atoms with Gasteiger partial charge in [0, 0.05) is 15.6 Å². The Labute approximate surface area is 159 Å². The third kappa shape index (κ3) is 3.32. The van der Waals surface area contributed by atoms with Gasteiger partial charge in [-0.3, -0.25) is 4.79 Å². The number of nitrogens with zero attached hydrogens (tertiary/aromatic N) is 2. The van der Waals surface area contributed by atoms with Crippen LogP contribution in [0.15, 0.2) is 52.9 Å². The highest BCUT2D eigenvalue weighted by Crippen LogP contribution is 2.49. The minimum Gasteiger partial charge on any atom is -0.455 e. The lowest BCUT2D eigenvalue weighted by molar-refractivity contribution is -0.148. The molecule has 7 heteroatoms. The Morgan fingerprint density at radius 1 is 1.00 bits per heavy atom. The molecule has 0 unspecified atom stereocenters. The predicted octanol–water partition coefficient (Wildman–Crippen LogP) is 4.82. The maximum Gasteiger partial charge on any atom is 0.317 e. The van der Waals surface area contributed by atoms with Crippen molar-refractivity contribution in [1.29, 1.82) is 0 Å². The molecular formula is C19H14Cl2N2O3. The number of ether oxygens (including phenoxy) is 1. The first-order valence-electron chi connectivity index (χ1n) is 8.08. The molecule has 0 radical (unpaired) electrons. The van der Waals surface area contributed by atoms with E-state index in [4.69, 9.17) is 32.4 Å². The van der Waals surface area contributed by atoms with Crippen LogP contribution in [0, 0.1) is 0 Å². The third-order valence-corrected chi connectivity index (χ3v) is 4.93. The number of carbonyl (C=O) groups excluding carboxylic acids is 1. The molecule has 0 saturated heterocycles. The smallest absolute Gasteiger partial charge is 0.317 e. The number of rotatable bonds is 5. The third-order valence-electron chi connectivity index (χ3n) is 4.42. The van der Waals surface area contributed by atoms with Gasteiger partial charge in [0.15, 0.2) is 6.61 Å². The van der Waals surface area contributed by atoms with Crippen LogP contribution in [0.1, 0.15) is 24.3 Å². The van der Waals surface area contributed by atoms with Gasteiger partial charge in [0.1, 0.15) is 0 Å². The number of aromatic nitrogens is 2. The van der Waals surface area contributed by atoms with Crippen molar-refractivity contribution < 1.29 is 13.9 Å². The minimum atomic E-state index is -0.580. The van der Waals surface area contributed by atoms with Crippen molar-refractivity contribution in [3.63, 3.8) is 0 Å². The summed E-state index contributed by atoms with van der Waals surface area (Å²) in [7, 11) is 0. The quantitative estimate of drug-likeness (QED) is 0.586. The van der Waals surface area contributed by atoms with Gasteiger partial charge >= 0.3 is 5.97 Å². The molecule has 3 aromatic rings. The van der Waals surface area contributed by atoms with Crippen LogP contribution in [-0.2, 0) is 21.6 Å². The average Bonchev–Trinajstić information content (AvgIpc) is 3.33. The number of hydrogen-bond acceptors (Lipinski definition) is 5. The van der Waals surface area contributed by atoms with Crippen molar-refractivity contribution in [2.24, 2.45) is 0 Å². The number of halogens is 2. The first-order chi connectivity index (χ1) is 12.6. The second-order valence-electron chi connectivity index (χ2n) is 6.17. The zero-order valence-electron chi connectivity index (χ0n) is 13.6. The molecular weight excluding hydrogens is 375 g/mol. The first-order valence-corrected chi connectivity index (χ1v) is 8.84. The standard InChI is InChI=1S/C19H14Cl2N2O3/c20-14-5-1-12(2-6-14)17-23-22-16(26-17)11-25-18(24)19(9-10-19)13-3-7-15(21)8-4-13/h1-8H,9-11H2. The normalized spacial score (nSPS) is 14.8. The molecule has 1 fully saturated rings. The molecule has 1 aliphatic rings. The number of hydrogen-bond donors (Lipinski definition) is 0. The van der Waals surface area contributed by atoms with Gasteiger partial charge < -0.3 is 9.15 Å². The van der Waals surface area contributed by atoms with E-state index in [9.17, 15) is 4.79 Å². The van der Waals surface area contributed by atoms with Crippen LogP contribution in [0.3, 0.4) is 0 Å². The Kier molecular flexibility index (Phi) is 4.42. The highest BCUT2D eigenvalue weighted by atomic mass is 35.5.